The Morgan fingerprint density at radius 1 is 0.860 bits per heavy atom. The minimum absolute atomic E-state index is 0.0327. The number of alkyl halides is 6. The SMILES string of the molecule is NC(Cc1cccnc1)CN1CCN(C(=O)c2cc(C(F)(F)F)cc(C(F)(F)F)c2)[C@H](Cc2ccc3ccccc3c2)C1. The van der Waals surface area contributed by atoms with Crippen molar-refractivity contribution >= 4 is 16.7 Å². The average molecular weight is 601 g/mol. The molecule has 1 saturated heterocycles. The summed E-state index contributed by atoms with van der Waals surface area (Å²) in [6.07, 6.45) is -5.76. The summed E-state index contributed by atoms with van der Waals surface area (Å²) in [6, 6.07) is 17.6. The Balaban J connectivity index is 1.43. The van der Waals surface area contributed by atoms with Crippen LogP contribution in [0.25, 0.3) is 10.8 Å². The van der Waals surface area contributed by atoms with Gasteiger partial charge in [0.15, 0.2) is 0 Å². The Hall–Kier alpha value is -3.96. The number of nitrogens with two attached hydrogens (primary N) is 1. The Morgan fingerprint density at radius 2 is 1.56 bits per heavy atom. The first kappa shape index (κ1) is 30.5. The highest BCUT2D eigenvalue weighted by molar-refractivity contribution is 5.95. The molecule has 0 radical (unpaired) electrons. The van der Waals surface area contributed by atoms with E-state index in [0.717, 1.165) is 21.9 Å². The molecule has 5 nitrogen and oxygen atoms in total. The highest BCUT2D eigenvalue weighted by Crippen LogP contribution is 2.37. The molecule has 0 aliphatic carbocycles. The molecular weight excluding hydrogens is 570 g/mol. The number of pyridine rings is 1. The average Bonchev–Trinajstić information content (AvgIpc) is 2.96. The van der Waals surface area contributed by atoms with Crippen LogP contribution in [0.1, 0.15) is 32.6 Å². The summed E-state index contributed by atoms with van der Waals surface area (Å²) in [7, 11) is 0. The van der Waals surface area contributed by atoms with E-state index < -0.39 is 41.0 Å². The Bertz CT molecular complexity index is 1540. The van der Waals surface area contributed by atoms with Crippen molar-refractivity contribution in [2.24, 2.45) is 5.73 Å². The van der Waals surface area contributed by atoms with Crippen molar-refractivity contribution in [3.05, 3.63) is 113 Å². The maximum absolute atomic E-state index is 13.7. The van der Waals surface area contributed by atoms with E-state index in [-0.39, 0.29) is 18.7 Å². The normalized spacial score (nSPS) is 17.3. The number of rotatable bonds is 7. The number of aromatic nitrogens is 1. The predicted octanol–water partition coefficient (Wildman–Crippen LogP) is 6.21. The Labute approximate surface area is 244 Å². The van der Waals surface area contributed by atoms with Crippen LogP contribution in [0.4, 0.5) is 26.3 Å². The molecule has 4 aromatic rings. The first-order valence-electron chi connectivity index (χ1n) is 13.8. The zero-order chi connectivity index (χ0) is 30.8. The molecular formula is C32H30F6N4O. The molecule has 43 heavy (non-hydrogen) atoms. The largest absolute Gasteiger partial charge is 0.416 e. The van der Waals surface area contributed by atoms with Crippen LogP contribution in [0.5, 0.6) is 0 Å². The zero-order valence-electron chi connectivity index (χ0n) is 23.1. The van der Waals surface area contributed by atoms with Crippen LogP contribution in [-0.4, -0.2) is 59.0 Å². The fourth-order valence-electron chi connectivity index (χ4n) is 5.63. The Morgan fingerprint density at radius 3 is 2.21 bits per heavy atom. The molecule has 2 heterocycles. The lowest BCUT2D eigenvalue weighted by Crippen LogP contribution is -2.57. The molecule has 1 amide bonds. The number of hydrogen-bond donors (Lipinski definition) is 1. The molecule has 0 bridgehead atoms. The van der Waals surface area contributed by atoms with Gasteiger partial charge in [0.05, 0.1) is 11.1 Å². The van der Waals surface area contributed by atoms with Crippen LogP contribution >= 0.6 is 0 Å². The van der Waals surface area contributed by atoms with Gasteiger partial charge < -0.3 is 10.6 Å². The number of amides is 1. The smallest absolute Gasteiger partial charge is 0.333 e. The molecule has 0 spiro atoms. The minimum Gasteiger partial charge on any atom is -0.333 e. The highest BCUT2D eigenvalue weighted by atomic mass is 19.4. The summed E-state index contributed by atoms with van der Waals surface area (Å²) >= 11 is 0. The number of carbonyl (C=O) groups is 1. The summed E-state index contributed by atoms with van der Waals surface area (Å²) in [5.74, 6) is -0.873. The number of nitrogens with zero attached hydrogens (tertiary/aromatic N) is 3. The fraction of sp³-hybridized carbons (Fsp3) is 0.312. The molecule has 1 unspecified atom stereocenters. The van der Waals surface area contributed by atoms with Crippen molar-refractivity contribution in [3.8, 4) is 0 Å². The molecule has 11 heteroatoms. The minimum atomic E-state index is -5.05. The number of carbonyl (C=O) groups excluding carboxylic acids is 1. The van der Waals surface area contributed by atoms with Crippen molar-refractivity contribution in [1.82, 2.24) is 14.8 Å². The lowest BCUT2D eigenvalue weighted by atomic mass is 9.97. The van der Waals surface area contributed by atoms with Gasteiger partial charge in [-0.05, 0) is 59.0 Å². The topological polar surface area (TPSA) is 62.5 Å². The quantitative estimate of drug-likeness (QED) is 0.256. The van der Waals surface area contributed by atoms with Crippen molar-refractivity contribution in [1.29, 1.82) is 0 Å². The summed E-state index contributed by atoms with van der Waals surface area (Å²) in [4.78, 5) is 21.3. The van der Waals surface area contributed by atoms with Gasteiger partial charge in [-0.1, -0.05) is 48.5 Å². The van der Waals surface area contributed by atoms with Crippen LogP contribution in [-0.2, 0) is 25.2 Å². The van der Waals surface area contributed by atoms with Crippen molar-refractivity contribution < 1.29 is 31.1 Å². The molecule has 2 atom stereocenters. The molecule has 1 fully saturated rings. The summed E-state index contributed by atoms with van der Waals surface area (Å²) in [5, 5.41) is 2.01. The number of piperazine rings is 1. The summed E-state index contributed by atoms with van der Waals surface area (Å²) in [6.45, 7) is 1.33. The maximum atomic E-state index is 13.7. The second-order valence-electron chi connectivity index (χ2n) is 10.9. The number of benzene rings is 3. The zero-order valence-corrected chi connectivity index (χ0v) is 23.1. The molecule has 226 valence electrons. The third kappa shape index (κ3) is 7.52. The van der Waals surface area contributed by atoms with Gasteiger partial charge >= 0.3 is 12.4 Å². The number of halogens is 6. The monoisotopic (exact) mass is 600 g/mol. The number of fused-ring (bicyclic) bond motifs is 1. The summed E-state index contributed by atoms with van der Waals surface area (Å²) in [5.41, 5.74) is 4.62. The van der Waals surface area contributed by atoms with E-state index in [4.69, 9.17) is 5.73 Å². The van der Waals surface area contributed by atoms with Gasteiger partial charge in [-0.15, -0.1) is 0 Å². The van der Waals surface area contributed by atoms with Gasteiger partial charge in [-0.25, -0.2) is 0 Å². The third-order valence-corrected chi connectivity index (χ3v) is 7.66. The van der Waals surface area contributed by atoms with Crippen molar-refractivity contribution in [3.63, 3.8) is 0 Å². The molecule has 1 aliphatic rings. The van der Waals surface area contributed by atoms with Gasteiger partial charge in [0, 0.05) is 56.2 Å². The first-order valence-corrected chi connectivity index (χ1v) is 13.8. The van der Waals surface area contributed by atoms with Gasteiger partial charge in [0.1, 0.15) is 0 Å². The van der Waals surface area contributed by atoms with E-state index in [1.165, 1.54) is 4.90 Å². The van der Waals surface area contributed by atoms with Crippen LogP contribution in [0.15, 0.2) is 85.2 Å². The lowest BCUT2D eigenvalue weighted by Gasteiger charge is -2.42. The summed E-state index contributed by atoms with van der Waals surface area (Å²) < 4.78 is 81.3. The van der Waals surface area contributed by atoms with Crippen LogP contribution in [0.2, 0.25) is 0 Å². The second-order valence-corrected chi connectivity index (χ2v) is 10.9. The van der Waals surface area contributed by atoms with Crippen LogP contribution < -0.4 is 5.73 Å². The van der Waals surface area contributed by atoms with E-state index >= 15 is 0 Å². The molecule has 3 aromatic carbocycles. The number of hydrogen-bond acceptors (Lipinski definition) is 4. The molecule has 1 aromatic heterocycles. The Kier molecular flexibility index (Phi) is 8.75. The highest BCUT2D eigenvalue weighted by Gasteiger charge is 2.39. The lowest BCUT2D eigenvalue weighted by molar-refractivity contribution is -0.143. The van der Waals surface area contributed by atoms with E-state index in [9.17, 15) is 31.1 Å². The molecule has 5 rings (SSSR count). The fourth-order valence-corrected chi connectivity index (χ4v) is 5.63. The van der Waals surface area contributed by atoms with E-state index in [2.05, 4.69) is 9.88 Å². The van der Waals surface area contributed by atoms with Gasteiger partial charge in [-0.3, -0.25) is 14.7 Å². The van der Waals surface area contributed by atoms with Gasteiger partial charge in [0.25, 0.3) is 5.91 Å². The second kappa shape index (κ2) is 12.3. The van der Waals surface area contributed by atoms with E-state index in [1.807, 2.05) is 54.6 Å². The van der Waals surface area contributed by atoms with E-state index in [1.54, 1.807) is 12.4 Å². The molecule has 2 N–H and O–H groups in total. The predicted molar refractivity (Wildman–Crippen MR) is 151 cm³/mol. The third-order valence-electron chi connectivity index (χ3n) is 7.66. The molecule has 1 aliphatic heterocycles. The van der Waals surface area contributed by atoms with Crippen molar-refractivity contribution in [2.45, 2.75) is 37.3 Å². The maximum Gasteiger partial charge on any atom is 0.416 e. The molecule has 0 saturated carbocycles. The van der Waals surface area contributed by atoms with E-state index in [0.29, 0.717) is 44.6 Å². The van der Waals surface area contributed by atoms with Crippen molar-refractivity contribution in [2.75, 3.05) is 26.2 Å². The standard InChI is InChI=1S/C32H30F6N4O/c33-31(34,35)26-15-25(16-27(17-26)32(36,37)38)30(43)42-11-10-41(19-28(39)13-22-4-3-9-40-18-22)20-29(42)14-21-7-8-23-5-1-2-6-24(23)12-21/h1-9,12,15-18,28-29H,10-11,13-14,19-20,39H2/t28?,29-/m1/s1. The van der Waals surface area contributed by atoms with Gasteiger partial charge in [0.2, 0.25) is 0 Å². The van der Waals surface area contributed by atoms with Gasteiger partial charge in [-0.2, -0.15) is 26.3 Å². The first-order chi connectivity index (χ1) is 20.4. The van der Waals surface area contributed by atoms with Crippen LogP contribution in [0, 0.1) is 0 Å². The van der Waals surface area contributed by atoms with Crippen LogP contribution in [0.3, 0.4) is 0 Å².